The van der Waals surface area contributed by atoms with Gasteiger partial charge in [0, 0.05) is 30.6 Å². The first-order valence-electron chi connectivity index (χ1n) is 12.1. The van der Waals surface area contributed by atoms with Gasteiger partial charge in [-0.05, 0) is 48.9 Å². The Bertz CT molecular complexity index is 1440. The number of thioether (sulfide) groups is 1. The highest BCUT2D eigenvalue weighted by molar-refractivity contribution is 8.00. The van der Waals surface area contributed by atoms with E-state index in [1.807, 2.05) is 43.3 Å². The Hall–Kier alpha value is -3.57. The molecule has 0 radical (unpaired) electrons. The average Bonchev–Trinajstić information content (AvgIpc) is 3.35. The third-order valence-corrected chi connectivity index (χ3v) is 9.34. The van der Waals surface area contributed by atoms with Gasteiger partial charge in [-0.15, -0.1) is 0 Å². The van der Waals surface area contributed by atoms with Crippen molar-refractivity contribution in [3.8, 4) is 5.75 Å². The van der Waals surface area contributed by atoms with E-state index in [-0.39, 0.29) is 29.8 Å². The number of esters is 1. The molecule has 5 rings (SSSR count). The van der Waals surface area contributed by atoms with Crippen molar-refractivity contribution in [2.75, 3.05) is 37.6 Å². The number of benzene rings is 2. The zero-order valence-electron chi connectivity index (χ0n) is 21.4. The van der Waals surface area contributed by atoms with Crippen LogP contribution in [-0.2, 0) is 25.7 Å². The lowest BCUT2D eigenvalue weighted by Gasteiger charge is -2.31. The SMILES string of the molecule is CCOC(=O)Cn1c2c(sc1=O)C(c1ccc(N(C)C)cc1)C1C(=O)N(c3ccc(OC)cc3)C(=O)C1S2. The average molecular weight is 554 g/mol. The maximum atomic E-state index is 13.9. The molecule has 2 amide bonds. The second-order valence-electron chi connectivity index (χ2n) is 9.17. The fourth-order valence-corrected chi connectivity index (χ4v) is 7.69. The highest BCUT2D eigenvalue weighted by Crippen LogP contribution is 2.54. The summed E-state index contributed by atoms with van der Waals surface area (Å²) in [5, 5.41) is -0.216. The predicted molar refractivity (Wildman–Crippen MR) is 146 cm³/mol. The van der Waals surface area contributed by atoms with Gasteiger partial charge in [-0.3, -0.25) is 23.7 Å². The third kappa shape index (κ3) is 4.39. The molecule has 11 heteroatoms. The molecule has 2 aliphatic heterocycles. The number of hydrogen-bond donors (Lipinski definition) is 0. The van der Waals surface area contributed by atoms with Gasteiger partial charge in [-0.2, -0.15) is 0 Å². The number of carbonyl (C=O) groups excluding carboxylic acids is 3. The number of methoxy groups -OCH3 is 1. The van der Waals surface area contributed by atoms with E-state index >= 15 is 0 Å². The van der Waals surface area contributed by atoms with Crippen LogP contribution in [0.3, 0.4) is 0 Å². The summed E-state index contributed by atoms with van der Waals surface area (Å²) >= 11 is 2.19. The predicted octanol–water partition coefficient (Wildman–Crippen LogP) is 3.34. The van der Waals surface area contributed by atoms with Crippen LogP contribution in [0.5, 0.6) is 5.75 Å². The first-order chi connectivity index (χ1) is 18.2. The fourth-order valence-electron chi connectivity index (χ4n) is 4.92. The number of aromatic nitrogens is 1. The van der Waals surface area contributed by atoms with Crippen LogP contribution in [0.2, 0.25) is 0 Å². The molecule has 1 saturated heterocycles. The Morgan fingerprint density at radius 1 is 1.00 bits per heavy atom. The van der Waals surface area contributed by atoms with Crippen molar-refractivity contribution in [3.63, 3.8) is 0 Å². The van der Waals surface area contributed by atoms with E-state index in [1.165, 1.54) is 21.2 Å². The van der Waals surface area contributed by atoms with Gasteiger partial charge in [0.2, 0.25) is 11.8 Å². The van der Waals surface area contributed by atoms with E-state index < -0.39 is 23.1 Å². The molecule has 0 N–H and O–H groups in total. The number of imide groups is 1. The molecule has 0 bridgehead atoms. The Kier molecular flexibility index (Phi) is 7.06. The minimum absolute atomic E-state index is 0.197. The van der Waals surface area contributed by atoms with E-state index in [0.717, 1.165) is 22.6 Å². The first-order valence-corrected chi connectivity index (χ1v) is 13.8. The van der Waals surface area contributed by atoms with Crippen LogP contribution in [0.15, 0.2) is 58.4 Å². The van der Waals surface area contributed by atoms with E-state index in [1.54, 1.807) is 38.3 Å². The molecular weight excluding hydrogens is 526 g/mol. The van der Waals surface area contributed by atoms with Crippen molar-refractivity contribution in [2.45, 2.75) is 29.7 Å². The number of nitrogens with zero attached hydrogens (tertiary/aromatic N) is 3. The molecule has 3 atom stereocenters. The van der Waals surface area contributed by atoms with Gasteiger partial charge in [-0.1, -0.05) is 35.2 Å². The Morgan fingerprint density at radius 3 is 2.29 bits per heavy atom. The number of rotatable bonds is 7. The second kappa shape index (κ2) is 10.3. The van der Waals surface area contributed by atoms with Crippen molar-refractivity contribution in [1.82, 2.24) is 4.57 Å². The maximum Gasteiger partial charge on any atom is 0.326 e. The molecule has 2 aliphatic rings. The second-order valence-corrected chi connectivity index (χ2v) is 11.3. The zero-order valence-corrected chi connectivity index (χ0v) is 23.0. The number of thiazole rings is 1. The summed E-state index contributed by atoms with van der Waals surface area (Å²) in [5.74, 6) is -1.81. The summed E-state index contributed by atoms with van der Waals surface area (Å²) in [6, 6.07) is 14.6. The number of carbonyl (C=O) groups is 3. The van der Waals surface area contributed by atoms with E-state index in [4.69, 9.17) is 9.47 Å². The van der Waals surface area contributed by atoms with Gasteiger partial charge in [-0.25, -0.2) is 4.90 Å². The molecule has 198 valence electrons. The molecule has 0 aliphatic carbocycles. The first kappa shape index (κ1) is 26.1. The molecule has 9 nitrogen and oxygen atoms in total. The molecule has 1 aromatic heterocycles. The molecule has 38 heavy (non-hydrogen) atoms. The smallest absolute Gasteiger partial charge is 0.326 e. The number of ether oxygens (including phenoxy) is 2. The van der Waals surface area contributed by atoms with Crippen molar-refractivity contribution >= 4 is 52.3 Å². The molecule has 0 spiro atoms. The molecule has 3 unspecified atom stereocenters. The van der Waals surface area contributed by atoms with Crippen LogP contribution >= 0.6 is 23.1 Å². The maximum absolute atomic E-state index is 13.9. The van der Waals surface area contributed by atoms with Gasteiger partial charge in [0.1, 0.15) is 17.5 Å². The Balaban J connectivity index is 1.62. The number of fused-ring (bicyclic) bond motifs is 2. The molecule has 0 saturated carbocycles. The van der Waals surface area contributed by atoms with Crippen LogP contribution in [0.4, 0.5) is 11.4 Å². The Morgan fingerprint density at radius 2 is 1.68 bits per heavy atom. The summed E-state index contributed by atoms with van der Waals surface area (Å²) in [4.78, 5) is 56.6. The molecule has 3 heterocycles. The van der Waals surface area contributed by atoms with Crippen LogP contribution in [0, 0.1) is 5.92 Å². The number of anilines is 2. The lowest BCUT2D eigenvalue weighted by Crippen LogP contribution is -2.32. The standard InChI is InChI=1S/C27H27N3O6S2/c1-5-36-19(31)14-29-26-23(38-27(29)34)20(15-6-8-16(9-7-15)28(2)3)21-22(37-26)25(33)30(24(21)32)17-10-12-18(35-4)13-11-17/h6-13,20-22H,5,14H2,1-4H3. The molecule has 2 aromatic carbocycles. The third-order valence-electron chi connectivity index (χ3n) is 6.74. The summed E-state index contributed by atoms with van der Waals surface area (Å²) in [7, 11) is 5.42. The Labute approximate surface area is 227 Å². The lowest BCUT2D eigenvalue weighted by molar-refractivity contribution is -0.144. The highest BCUT2D eigenvalue weighted by atomic mass is 32.2. The summed E-state index contributed by atoms with van der Waals surface area (Å²) in [6.45, 7) is 1.65. The molecule has 1 fully saturated rings. The lowest BCUT2D eigenvalue weighted by atomic mass is 9.83. The van der Waals surface area contributed by atoms with Gasteiger partial charge in [0.15, 0.2) is 0 Å². The van der Waals surface area contributed by atoms with E-state index in [2.05, 4.69) is 0 Å². The van der Waals surface area contributed by atoms with Crippen molar-refractivity contribution < 1.29 is 23.9 Å². The number of hydrogen-bond acceptors (Lipinski definition) is 9. The van der Waals surface area contributed by atoms with E-state index in [9.17, 15) is 19.2 Å². The highest BCUT2D eigenvalue weighted by Gasteiger charge is 2.56. The summed E-state index contributed by atoms with van der Waals surface area (Å²) < 4.78 is 11.7. The van der Waals surface area contributed by atoms with Crippen molar-refractivity contribution in [1.29, 1.82) is 0 Å². The minimum atomic E-state index is -0.752. The molecular formula is C27H27N3O6S2. The van der Waals surface area contributed by atoms with Crippen molar-refractivity contribution in [2.24, 2.45) is 5.92 Å². The van der Waals surface area contributed by atoms with E-state index in [0.29, 0.717) is 21.3 Å². The van der Waals surface area contributed by atoms with Crippen LogP contribution in [0.25, 0.3) is 0 Å². The normalized spacial score (nSPS) is 20.2. The minimum Gasteiger partial charge on any atom is -0.497 e. The van der Waals surface area contributed by atoms with Gasteiger partial charge >= 0.3 is 10.8 Å². The summed E-state index contributed by atoms with van der Waals surface area (Å²) in [5.41, 5.74) is 2.27. The quantitative estimate of drug-likeness (QED) is 0.325. The van der Waals surface area contributed by atoms with Gasteiger partial charge in [0.05, 0.1) is 30.3 Å². The van der Waals surface area contributed by atoms with Crippen molar-refractivity contribution in [3.05, 3.63) is 68.6 Å². The summed E-state index contributed by atoms with van der Waals surface area (Å²) in [6.07, 6.45) is 0. The fraction of sp³-hybridized carbons (Fsp3) is 0.333. The van der Waals surface area contributed by atoms with Gasteiger partial charge < -0.3 is 14.4 Å². The topological polar surface area (TPSA) is 98.2 Å². The number of amides is 2. The van der Waals surface area contributed by atoms with Crippen LogP contribution < -0.4 is 19.4 Å². The van der Waals surface area contributed by atoms with Gasteiger partial charge in [0.25, 0.3) is 0 Å². The largest absolute Gasteiger partial charge is 0.497 e. The molecule has 3 aromatic rings. The zero-order chi connectivity index (χ0) is 27.1. The van der Waals surface area contributed by atoms with Crippen LogP contribution in [0.1, 0.15) is 23.3 Å². The van der Waals surface area contributed by atoms with Crippen LogP contribution in [-0.4, -0.2) is 55.4 Å². The monoisotopic (exact) mass is 553 g/mol.